The molecule has 0 fully saturated rings. The summed E-state index contributed by atoms with van der Waals surface area (Å²) < 4.78 is 6.96. The molecular formula is C12H15N3O2. The monoisotopic (exact) mass is 233 g/mol. The van der Waals surface area contributed by atoms with Gasteiger partial charge in [-0.15, -0.1) is 0 Å². The highest BCUT2D eigenvalue weighted by molar-refractivity contribution is 5.94. The summed E-state index contributed by atoms with van der Waals surface area (Å²) >= 11 is 0. The number of imidazole rings is 1. The molecule has 17 heavy (non-hydrogen) atoms. The zero-order valence-electron chi connectivity index (χ0n) is 9.72. The maximum atomic E-state index is 11.8. The molecule has 0 aromatic carbocycles. The highest BCUT2D eigenvalue weighted by Gasteiger charge is 2.05. The fourth-order valence-corrected chi connectivity index (χ4v) is 1.54. The van der Waals surface area contributed by atoms with Crippen LogP contribution in [0.5, 0.6) is 0 Å². The summed E-state index contributed by atoms with van der Waals surface area (Å²) in [7, 11) is 0. The Labute approximate surface area is 99.4 Å². The molecule has 0 aliphatic carbocycles. The van der Waals surface area contributed by atoms with E-state index in [-0.39, 0.29) is 5.91 Å². The molecule has 90 valence electrons. The summed E-state index contributed by atoms with van der Waals surface area (Å²) in [6.45, 7) is 3.65. The lowest BCUT2D eigenvalue weighted by Gasteiger charge is -2.05. The minimum atomic E-state index is -0.0969. The molecule has 5 heteroatoms. The molecule has 1 amide bonds. The zero-order chi connectivity index (χ0) is 12.1. The van der Waals surface area contributed by atoms with E-state index in [2.05, 4.69) is 10.3 Å². The van der Waals surface area contributed by atoms with Crippen molar-refractivity contribution in [1.82, 2.24) is 14.7 Å². The van der Waals surface area contributed by atoms with E-state index in [1.165, 1.54) is 0 Å². The van der Waals surface area contributed by atoms with Crippen molar-refractivity contribution < 1.29 is 9.53 Å². The number of amides is 1. The van der Waals surface area contributed by atoms with E-state index >= 15 is 0 Å². The van der Waals surface area contributed by atoms with Gasteiger partial charge in [0.05, 0.1) is 12.2 Å². The first-order chi connectivity index (χ1) is 8.31. The molecular weight excluding hydrogens is 218 g/mol. The van der Waals surface area contributed by atoms with Crippen molar-refractivity contribution in [2.75, 3.05) is 19.8 Å². The predicted molar refractivity (Wildman–Crippen MR) is 64.0 cm³/mol. The predicted octanol–water partition coefficient (Wildman–Crippen LogP) is 1.10. The molecule has 0 bridgehead atoms. The van der Waals surface area contributed by atoms with Crippen LogP contribution in [0, 0.1) is 0 Å². The smallest absolute Gasteiger partial charge is 0.252 e. The molecule has 0 spiro atoms. The first-order valence-electron chi connectivity index (χ1n) is 5.60. The number of carbonyl (C=O) groups is 1. The van der Waals surface area contributed by atoms with Crippen molar-refractivity contribution in [3.8, 4) is 0 Å². The molecule has 0 saturated carbocycles. The minimum Gasteiger partial charge on any atom is -0.380 e. The van der Waals surface area contributed by atoms with Crippen molar-refractivity contribution in [1.29, 1.82) is 0 Å². The normalized spacial score (nSPS) is 10.6. The molecule has 0 radical (unpaired) electrons. The summed E-state index contributed by atoms with van der Waals surface area (Å²) in [6, 6.07) is 3.58. The van der Waals surface area contributed by atoms with Crippen LogP contribution in [0.2, 0.25) is 0 Å². The van der Waals surface area contributed by atoms with Gasteiger partial charge >= 0.3 is 0 Å². The molecule has 5 nitrogen and oxygen atoms in total. The van der Waals surface area contributed by atoms with E-state index in [9.17, 15) is 4.79 Å². The van der Waals surface area contributed by atoms with Gasteiger partial charge in [-0.1, -0.05) is 0 Å². The van der Waals surface area contributed by atoms with Gasteiger partial charge in [-0.25, -0.2) is 4.98 Å². The SMILES string of the molecule is CCOCCNC(=O)c1ccc2nccn2c1. The molecule has 2 aromatic heterocycles. The number of carbonyl (C=O) groups excluding carboxylic acids is 1. The minimum absolute atomic E-state index is 0.0969. The topological polar surface area (TPSA) is 55.6 Å². The highest BCUT2D eigenvalue weighted by atomic mass is 16.5. The van der Waals surface area contributed by atoms with Crippen LogP contribution in [0.3, 0.4) is 0 Å². The molecule has 0 aliphatic heterocycles. The van der Waals surface area contributed by atoms with E-state index < -0.39 is 0 Å². The third-order valence-electron chi connectivity index (χ3n) is 2.39. The first kappa shape index (κ1) is 11.6. The number of nitrogens with zero attached hydrogens (tertiary/aromatic N) is 2. The molecule has 0 aliphatic rings. The largest absolute Gasteiger partial charge is 0.380 e. The summed E-state index contributed by atoms with van der Waals surface area (Å²) in [5, 5.41) is 2.79. The maximum Gasteiger partial charge on any atom is 0.252 e. The van der Waals surface area contributed by atoms with Crippen molar-refractivity contribution in [2.45, 2.75) is 6.92 Å². The second-order valence-electron chi connectivity index (χ2n) is 3.56. The molecule has 0 atom stereocenters. The average molecular weight is 233 g/mol. The quantitative estimate of drug-likeness (QED) is 0.787. The summed E-state index contributed by atoms with van der Waals surface area (Å²) in [6.07, 6.45) is 5.27. The lowest BCUT2D eigenvalue weighted by Crippen LogP contribution is -2.27. The Bertz CT molecular complexity index is 507. The number of nitrogens with one attached hydrogen (secondary N) is 1. The molecule has 0 unspecified atom stereocenters. The zero-order valence-corrected chi connectivity index (χ0v) is 9.72. The fourth-order valence-electron chi connectivity index (χ4n) is 1.54. The van der Waals surface area contributed by atoms with Crippen molar-refractivity contribution in [2.24, 2.45) is 0 Å². The van der Waals surface area contributed by atoms with Crippen LogP contribution >= 0.6 is 0 Å². The van der Waals surface area contributed by atoms with E-state index in [0.717, 1.165) is 5.65 Å². The molecule has 1 N–H and O–H groups in total. The van der Waals surface area contributed by atoms with E-state index in [4.69, 9.17) is 4.74 Å². The van der Waals surface area contributed by atoms with E-state index in [1.807, 2.05) is 23.6 Å². The molecule has 0 saturated heterocycles. The number of rotatable bonds is 5. The molecule has 2 rings (SSSR count). The van der Waals surface area contributed by atoms with Crippen LogP contribution < -0.4 is 5.32 Å². The highest BCUT2D eigenvalue weighted by Crippen LogP contribution is 2.04. The summed E-state index contributed by atoms with van der Waals surface area (Å²) in [4.78, 5) is 15.9. The van der Waals surface area contributed by atoms with Crippen LogP contribution in [-0.2, 0) is 4.74 Å². The Hall–Kier alpha value is -1.88. The average Bonchev–Trinajstić information content (AvgIpc) is 2.81. The van der Waals surface area contributed by atoms with Crippen molar-refractivity contribution in [3.63, 3.8) is 0 Å². The van der Waals surface area contributed by atoms with Gasteiger partial charge < -0.3 is 14.5 Å². The van der Waals surface area contributed by atoms with Crippen LogP contribution in [0.1, 0.15) is 17.3 Å². The van der Waals surface area contributed by atoms with Gasteiger partial charge in [0.15, 0.2) is 0 Å². The Balaban J connectivity index is 1.98. The lowest BCUT2D eigenvalue weighted by molar-refractivity contribution is 0.0922. The fraction of sp³-hybridized carbons (Fsp3) is 0.333. The van der Waals surface area contributed by atoms with Gasteiger partial charge in [-0.05, 0) is 19.1 Å². The Morgan fingerprint density at radius 3 is 3.24 bits per heavy atom. The Morgan fingerprint density at radius 1 is 1.53 bits per heavy atom. The van der Waals surface area contributed by atoms with Gasteiger partial charge in [0, 0.05) is 31.7 Å². The van der Waals surface area contributed by atoms with Crippen molar-refractivity contribution in [3.05, 3.63) is 36.3 Å². The van der Waals surface area contributed by atoms with Gasteiger partial charge in [0.1, 0.15) is 5.65 Å². The second kappa shape index (κ2) is 5.45. The number of fused-ring (bicyclic) bond motifs is 1. The second-order valence-corrected chi connectivity index (χ2v) is 3.56. The van der Waals surface area contributed by atoms with Crippen LogP contribution in [-0.4, -0.2) is 35.1 Å². The van der Waals surface area contributed by atoms with E-state index in [1.54, 1.807) is 18.5 Å². The third-order valence-corrected chi connectivity index (χ3v) is 2.39. The Kier molecular flexibility index (Phi) is 3.72. The standard InChI is InChI=1S/C12H15N3O2/c1-2-17-8-6-14-12(16)10-3-4-11-13-5-7-15(11)9-10/h3-5,7,9H,2,6,8H2,1H3,(H,14,16). The Morgan fingerprint density at radius 2 is 2.41 bits per heavy atom. The number of ether oxygens (including phenoxy) is 1. The number of hydrogen-bond donors (Lipinski definition) is 1. The van der Waals surface area contributed by atoms with Gasteiger partial charge in [-0.3, -0.25) is 4.79 Å². The van der Waals surface area contributed by atoms with Crippen LogP contribution in [0.15, 0.2) is 30.7 Å². The van der Waals surface area contributed by atoms with Gasteiger partial charge in [0.2, 0.25) is 0 Å². The maximum absolute atomic E-state index is 11.8. The van der Waals surface area contributed by atoms with Crippen molar-refractivity contribution >= 4 is 11.6 Å². The number of pyridine rings is 1. The van der Waals surface area contributed by atoms with E-state index in [0.29, 0.717) is 25.3 Å². The van der Waals surface area contributed by atoms with Crippen LogP contribution in [0.25, 0.3) is 5.65 Å². The number of hydrogen-bond acceptors (Lipinski definition) is 3. The summed E-state index contributed by atoms with van der Waals surface area (Å²) in [5.41, 5.74) is 1.45. The van der Waals surface area contributed by atoms with Crippen LogP contribution in [0.4, 0.5) is 0 Å². The first-order valence-corrected chi connectivity index (χ1v) is 5.60. The molecule has 2 aromatic rings. The van der Waals surface area contributed by atoms with Gasteiger partial charge in [-0.2, -0.15) is 0 Å². The lowest BCUT2D eigenvalue weighted by atomic mass is 10.2. The summed E-state index contributed by atoms with van der Waals surface area (Å²) in [5.74, 6) is -0.0969. The van der Waals surface area contributed by atoms with Gasteiger partial charge in [0.25, 0.3) is 5.91 Å². The molecule has 2 heterocycles. The third kappa shape index (κ3) is 2.82. The number of aromatic nitrogens is 2.